The highest BCUT2D eigenvalue weighted by molar-refractivity contribution is 5.76. The highest BCUT2D eigenvalue weighted by Gasteiger charge is 2.57. The Morgan fingerprint density at radius 1 is 1.30 bits per heavy atom. The molecule has 0 radical (unpaired) electrons. The van der Waals surface area contributed by atoms with Crippen molar-refractivity contribution in [2.24, 2.45) is 17.3 Å². The molecule has 1 aromatic carbocycles. The zero-order valence-electron chi connectivity index (χ0n) is 12.5. The van der Waals surface area contributed by atoms with Gasteiger partial charge in [0.25, 0.3) is 0 Å². The second-order valence-electron chi connectivity index (χ2n) is 6.41. The molecule has 1 saturated carbocycles. The fourth-order valence-electron chi connectivity index (χ4n) is 3.12. The summed E-state index contributed by atoms with van der Waals surface area (Å²) in [7, 11) is 0. The van der Waals surface area contributed by atoms with E-state index in [0.717, 1.165) is 12.1 Å². The molecule has 0 unspecified atom stereocenters. The third kappa shape index (κ3) is 3.19. The van der Waals surface area contributed by atoms with Crippen molar-refractivity contribution in [3.63, 3.8) is 0 Å². The van der Waals surface area contributed by atoms with Gasteiger partial charge in [0, 0.05) is 13.0 Å². The number of benzene rings is 1. The van der Waals surface area contributed by atoms with Crippen LogP contribution < -0.4 is 0 Å². The number of carbonyl (C=O) groups excluding carboxylic acids is 1. The van der Waals surface area contributed by atoms with E-state index in [1.807, 2.05) is 35.2 Å². The number of hydrogen-bond donors (Lipinski definition) is 0. The Balaban J connectivity index is 1.95. The van der Waals surface area contributed by atoms with Crippen molar-refractivity contribution >= 4 is 5.78 Å². The summed E-state index contributed by atoms with van der Waals surface area (Å²) >= 11 is 0. The maximum Gasteiger partial charge on any atom is 0.179 e. The van der Waals surface area contributed by atoms with E-state index in [1.54, 1.807) is 6.92 Å². The van der Waals surface area contributed by atoms with E-state index in [-0.39, 0.29) is 11.2 Å². The van der Waals surface area contributed by atoms with Gasteiger partial charge in [-0.25, -0.2) is 0 Å². The molecule has 0 spiro atoms. The van der Waals surface area contributed by atoms with Crippen molar-refractivity contribution in [1.82, 2.24) is 4.90 Å². The van der Waals surface area contributed by atoms with E-state index in [1.165, 1.54) is 0 Å². The second-order valence-corrected chi connectivity index (χ2v) is 6.41. The molecule has 1 aliphatic carbocycles. The largest absolute Gasteiger partial charge is 0.306 e. The van der Waals surface area contributed by atoms with E-state index in [4.69, 9.17) is 0 Å². The zero-order valence-corrected chi connectivity index (χ0v) is 12.5. The summed E-state index contributed by atoms with van der Waals surface area (Å²) in [6.45, 7) is 7.44. The van der Waals surface area contributed by atoms with Crippen LogP contribution in [0.2, 0.25) is 0 Å². The molecule has 1 fully saturated rings. The second kappa shape index (κ2) is 5.66. The molecule has 0 heterocycles. The Hall–Kier alpha value is -1.82. The van der Waals surface area contributed by atoms with Gasteiger partial charge in [-0.1, -0.05) is 44.2 Å². The van der Waals surface area contributed by atoms with Crippen LogP contribution >= 0.6 is 0 Å². The summed E-state index contributed by atoms with van der Waals surface area (Å²) < 4.78 is 0. The van der Waals surface area contributed by atoms with Gasteiger partial charge in [-0.3, -0.25) is 0 Å². The number of hydrogen-bond acceptors (Lipinski definition) is 3. The Morgan fingerprint density at radius 2 is 1.95 bits per heavy atom. The Labute approximate surface area is 121 Å². The van der Waals surface area contributed by atoms with Crippen molar-refractivity contribution in [2.75, 3.05) is 6.54 Å². The summed E-state index contributed by atoms with van der Waals surface area (Å²) in [6, 6.07) is 10.0. The Morgan fingerprint density at radius 3 is 2.50 bits per heavy atom. The molecule has 2 atom stereocenters. The summed E-state index contributed by atoms with van der Waals surface area (Å²) in [4.78, 5) is 13.1. The highest BCUT2D eigenvalue weighted by atomic mass is 16.1. The fourth-order valence-corrected chi connectivity index (χ4v) is 3.12. The molecule has 1 aromatic rings. The van der Waals surface area contributed by atoms with Crippen molar-refractivity contribution in [2.45, 2.75) is 33.7 Å². The van der Waals surface area contributed by atoms with Crippen LogP contribution in [0.15, 0.2) is 30.3 Å². The first-order valence-corrected chi connectivity index (χ1v) is 7.13. The number of carbonyl (C=O) groups is 1. The lowest BCUT2D eigenvalue weighted by Gasteiger charge is -2.16. The SMILES string of the molecule is CC(=O)C[C@H]1[C@@H](CN(C#N)Cc2ccccc2)C1(C)C. The van der Waals surface area contributed by atoms with Crippen LogP contribution in [-0.4, -0.2) is 17.2 Å². The quantitative estimate of drug-likeness (QED) is 0.589. The van der Waals surface area contributed by atoms with Gasteiger partial charge < -0.3 is 9.69 Å². The minimum atomic E-state index is 0.178. The molecule has 3 nitrogen and oxygen atoms in total. The molecular formula is C17H22N2O. The standard InChI is InChI=1S/C17H22N2O/c1-13(20)9-15-16(17(15,2)3)11-19(12-18)10-14-7-5-4-6-8-14/h4-8,15-16H,9-11H2,1-3H3/t15-,16+/m0/s1. The van der Waals surface area contributed by atoms with Gasteiger partial charge >= 0.3 is 0 Å². The zero-order chi connectivity index (χ0) is 14.8. The maximum absolute atomic E-state index is 11.3. The van der Waals surface area contributed by atoms with Crippen molar-refractivity contribution in [3.8, 4) is 6.19 Å². The fraction of sp³-hybridized carbons (Fsp3) is 0.529. The molecule has 0 aliphatic heterocycles. The van der Waals surface area contributed by atoms with Crippen molar-refractivity contribution < 1.29 is 4.79 Å². The molecule has 20 heavy (non-hydrogen) atoms. The normalized spacial score (nSPS) is 22.9. The first kappa shape index (κ1) is 14.6. The molecular weight excluding hydrogens is 248 g/mol. The lowest BCUT2D eigenvalue weighted by molar-refractivity contribution is -0.117. The first-order valence-electron chi connectivity index (χ1n) is 7.13. The number of ketones is 1. The van der Waals surface area contributed by atoms with Crippen molar-refractivity contribution in [1.29, 1.82) is 5.26 Å². The van der Waals surface area contributed by atoms with E-state index >= 15 is 0 Å². The third-order valence-corrected chi connectivity index (χ3v) is 4.57. The number of rotatable bonds is 6. The van der Waals surface area contributed by atoms with Crippen LogP contribution in [0, 0.1) is 28.7 Å². The van der Waals surface area contributed by atoms with Gasteiger partial charge in [0.05, 0.1) is 6.54 Å². The van der Waals surface area contributed by atoms with E-state index in [0.29, 0.717) is 24.8 Å². The minimum Gasteiger partial charge on any atom is -0.306 e. The van der Waals surface area contributed by atoms with E-state index in [9.17, 15) is 10.1 Å². The molecule has 1 aliphatic rings. The lowest BCUT2D eigenvalue weighted by Crippen LogP contribution is -2.21. The maximum atomic E-state index is 11.3. The molecule has 0 N–H and O–H groups in total. The van der Waals surface area contributed by atoms with Gasteiger partial charge in [-0.05, 0) is 29.7 Å². The lowest BCUT2D eigenvalue weighted by atomic mass is 10.1. The molecule has 106 valence electrons. The average molecular weight is 270 g/mol. The predicted molar refractivity (Wildman–Crippen MR) is 78.5 cm³/mol. The number of Topliss-reactive ketones (excluding diaryl/α,β-unsaturated/α-hetero) is 1. The minimum absolute atomic E-state index is 0.178. The Kier molecular flexibility index (Phi) is 4.13. The third-order valence-electron chi connectivity index (χ3n) is 4.57. The summed E-state index contributed by atoms with van der Waals surface area (Å²) in [6.07, 6.45) is 2.92. The van der Waals surface area contributed by atoms with Gasteiger partial charge in [0.2, 0.25) is 0 Å². The van der Waals surface area contributed by atoms with E-state index < -0.39 is 0 Å². The van der Waals surface area contributed by atoms with Crippen LogP contribution in [0.25, 0.3) is 0 Å². The van der Waals surface area contributed by atoms with Crippen LogP contribution in [0.4, 0.5) is 0 Å². The van der Waals surface area contributed by atoms with Crippen LogP contribution in [0.5, 0.6) is 0 Å². The molecule has 2 rings (SSSR count). The Bertz CT molecular complexity index is 516. The summed E-state index contributed by atoms with van der Waals surface area (Å²) in [5.74, 6) is 1.11. The molecule has 3 heteroatoms. The van der Waals surface area contributed by atoms with Crippen molar-refractivity contribution in [3.05, 3.63) is 35.9 Å². The number of nitrogens with zero attached hydrogens (tertiary/aromatic N) is 2. The van der Waals surface area contributed by atoms with Crippen LogP contribution in [0.3, 0.4) is 0 Å². The topological polar surface area (TPSA) is 44.1 Å². The van der Waals surface area contributed by atoms with Crippen LogP contribution in [0.1, 0.15) is 32.8 Å². The van der Waals surface area contributed by atoms with Gasteiger partial charge in [-0.15, -0.1) is 0 Å². The van der Waals surface area contributed by atoms with Gasteiger partial charge in [0.1, 0.15) is 5.78 Å². The monoisotopic (exact) mass is 270 g/mol. The molecule has 0 amide bonds. The summed E-state index contributed by atoms with van der Waals surface area (Å²) in [5.41, 5.74) is 1.33. The predicted octanol–water partition coefficient (Wildman–Crippen LogP) is 3.22. The molecule has 0 bridgehead atoms. The van der Waals surface area contributed by atoms with Crippen LogP contribution in [-0.2, 0) is 11.3 Å². The highest BCUT2D eigenvalue weighted by Crippen LogP contribution is 2.60. The first-order chi connectivity index (χ1) is 9.45. The number of nitriles is 1. The molecule has 0 aromatic heterocycles. The van der Waals surface area contributed by atoms with Gasteiger partial charge in [0.15, 0.2) is 6.19 Å². The average Bonchev–Trinajstić information content (AvgIpc) is 2.90. The molecule has 0 saturated heterocycles. The summed E-state index contributed by atoms with van der Waals surface area (Å²) in [5, 5.41) is 9.31. The smallest absolute Gasteiger partial charge is 0.179 e. The van der Waals surface area contributed by atoms with Gasteiger partial charge in [-0.2, -0.15) is 5.26 Å². The van der Waals surface area contributed by atoms with E-state index in [2.05, 4.69) is 20.0 Å².